The van der Waals surface area contributed by atoms with Crippen molar-refractivity contribution in [1.29, 1.82) is 0 Å². The number of halogens is 1. The summed E-state index contributed by atoms with van der Waals surface area (Å²) in [6.45, 7) is 0. The second-order valence-electron chi connectivity index (χ2n) is 4.59. The molecule has 0 bridgehead atoms. The highest BCUT2D eigenvalue weighted by molar-refractivity contribution is 7.80. The summed E-state index contributed by atoms with van der Waals surface area (Å²) in [4.78, 5) is 21.8. The minimum absolute atomic E-state index is 0.104. The summed E-state index contributed by atoms with van der Waals surface area (Å²) in [7, 11) is 0. The number of amides is 1. The van der Waals surface area contributed by atoms with Gasteiger partial charge in [-0.05, 0) is 30.4 Å². The molecule has 116 valence electrons. The number of hydrogen-bond donors (Lipinski definition) is 2. The predicted octanol–water partition coefficient (Wildman–Crippen LogP) is 2.85. The molecule has 2 heterocycles. The lowest BCUT2D eigenvalue weighted by Crippen LogP contribution is -2.21. The average molecular weight is 350 g/mol. The first kappa shape index (κ1) is 15.2. The fourth-order valence-electron chi connectivity index (χ4n) is 2.02. The van der Waals surface area contributed by atoms with Crippen molar-refractivity contribution in [3.8, 4) is 11.3 Å². The standard InChI is InChI=1S/C14H8ClN3O4S/c15-10-5-7(18(20)21)1-3-9(10)12-4-2-8(22-12)6-11-13(19)17-14(23)16-11/h1-6H,(H2,16,17,19,23)/b11-6+. The summed E-state index contributed by atoms with van der Waals surface area (Å²) >= 11 is 10.9. The van der Waals surface area contributed by atoms with E-state index in [1.807, 2.05) is 0 Å². The Balaban J connectivity index is 1.91. The minimum atomic E-state index is -0.527. The topological polar surface area (TPSA) is 97.4 Å². The Labute approximate surface area is 140 Å². The molecule has 0 saturated carbocycles. The van der Waals surface area contributed by atoms with Gasteiger partial charge < -0.3 is 9.73 Å². The molecule has 23 heavy (non-hydrogen) atoms. The number of hydrogen-bond acceptors (Lipinski definition) is 5. The first-order valence-electron chi connectivity index (χ1n) is 6.32. The molecule has 1 aromatic heterocycles. The summed E-state index contributed by atoms with van der Waals surface area (Å²) in [5.41, 5.74) is 0.681. The fourth-order valence-corrected chi connectivity index (χ4v) is 2.49. The van der Waals surface area contributed by atoms with E-state index in [0.29, 0.717) is 17.1 Å². The Hall–Kier alpha value is -2.71. The van der Waals surface area contributed by atoms with Gasteiger partial charge in [-0.25, -0.2) is 0 Å². The zero-order chi connectivity index (χ0) is 16.6. The quantitative estimate of drug-likeness (QED) is 0.383. The van der Waals surface area contributed by atoms with Crippen LogP contribution in [0.4, 0.5) is 5.69 Å². The predicted molar refractivity (Wildman–Crippen MR) is 87.7 cm³/mol. The number of furan rings is 1. The second kappa shape index (κ2) is 5.82. The normalized spacial score (nSPS) is 15.6. The molecule has 1 aliphatic heterocycles. The number of benzene rings is 1. The van der Waals surface area contributed by atoms with E-state index in [2.05, 4.69) is 10.6 Å². The van der Waals surface area contributed by atoms with Gasteiger partial charge in [-0.3, -0.25) is 20.2 Å². The Bertz CT molecular complexity index is 875. The molecule has 1 fully saturated rings. The van der Waals surface area contributed by atoms with Crippen LogP contribution in [0.25, 0.3) is 17.4 Å². The van der Waals surface area contributed by atoms with Gasteiger partial charge in [0.05, 0.1) is 9.95 Å². The molecule has 0 spiro atoms. The smallest absolute Gasteiger partial charge is 0.274 e. The Morgan fingerprint density at radius 1 is 1.26 bits per heavy atom. The van der Waals surface area contributed by atoms with Crippen molar-refractivity contribution in [2.24, 2.45) is 0 Å². The van der Waals surface area contributed by atoms with Crippen molar-refractivity contribution >= 4 is 46.6 Å². The van der Waals surface area contributed by atoms with Crippen LogP contribution in [0.15, 0.2) is 40.4 Å². The van der Waals surface area contributed by atoms with Gasteiger partial charge in [0.1, 0.15) is 17.2 Å². The van der Waals surface area contributed by atoms with E-state index in [0.717, 1.165) is 0 Å². The molecule has 1 aliphatic rings. The van der Waals surface area contributed by atoms with Crippen molar-refractivity contribution in [2.75, 3.05) is 0 Å². The average Bonchev–Trinajstić information content (AvgIpc) is 3.06. The maximum atomic E-state index is 11.6. The van der Waals surface area contributed by atoms with Crippen LogP contribution in [0.2, 0.25) is 5.02 Å². The third kappa shape index (κ3) is 3.08. The molecular formula is C14H8ClN3O4S. The van der Waals surface area contributed by atoms with Crippen molar-refractivity contribution in [3.05, 3.63) is 56.9 Å². The molecule has 0 aliphatic carbocycles. The van der Waals surface area contributed by atoms with Gasteiger partial charge in [0.25, 0.3) is 11.6 Å². The van der Waals surface area contributed by atoms with Crippen LogP contribution < -0.4 is 10.6 Å². The van der Waals surface area contributed by atoms with E-state index < -0.39 is 4.92 Å². The van der Waals surface area contributed by atoms with E-state index in [1.165, 1.54) is 24.3 Å². The number of thiocarbonyl (C=S) groups is 1. The van der Waals surface area contributed by atoms with E-state index in [9.17, 15) is 14.9 Å². The number of rotatable bonds is 3. The summed E-state index contributed by atoms with van der Waals surface area (Å²) in [5.74, 6) is 0.496. The van der Waals surface area contributed by atoms with Crippen LogP contribution in [0.5, 0.6) is 0 Å². The van der Waals surface area contributed by atoms with Gasteiger partial charge in [-0.1, -0.05) is 11.6 Å². The zero-order valence-electron chi connectivity index (χ0n) is 11.3. The highest BCUT2D eigenvalue weighted by Crippen LogP contribution is 2.32. The van der Waals surface area contributed by atoms with Crippen molar-refractivity contribution in [1.82, 2.24) is 10.6 Å². The maximum absolute atomic E-state index is 11.6. The zero-order valence-corrected chi connectivity index (χ0v) is 12.9. The summed E-state index contributed by atoms with van der Waals surface area (Å²) < 4.78 is 5.60. The van der Waals surface area contributed by atoms with Crippen LogP contribution in [0.3, 0.4) is 0 Å². The molecule has 1 aromatic carbocycles. The molecular weight excluding hydrogens is 342 g/mol. The van der Waals surface area contributed by atoms with E-state index in [-0.39, 0.29) is 27.4 Å². The van der Waals surface area contributed by atoms with Gasteiger partial charge in [0, 0.05) is 23.8 Å². The van der Waals surface area contributed by atoms with E-state index in [1.54, 1.807) is 12.1 Å². The number of non-ortho nitro benzene ring substituents is 1. The molecule has 7 nitrogen and oxygen atoms in total. The molecule has 0 atom stereocenters. The number of carbonyl (C=O) groups is 1. The molecule has 9 heteroatoms. The largest absolute Gasteiger partial charge is 0.457 e. The number of carbonyl (C=O) groups excluding carboxylic acids is 1. The SMILES string of the molecule is O=C1NC(=S)N/C1=C/c1ccc(-c2ccc([N+](=O)[O-])cc2Cl)o1. The molecule has 2 aromatic rings. The minimum Gasteiger partial charge on any atom is -0.457 e. The van der Waals surface area contributed by atoms with Crippen LogP contribution in [0.1, 0.15) is 5.76 Å². The van der Waals surface area contributed by atoms with Gasteiger partial charge in [0.2, 0.25) is 0 Å². The lowest BCUT2D eigenvalue weighted by Gasteiger charge is -2.00. The Kier molecular flexibility index (Phi) is 3.85. The highest BCUT2D eigenvalue weighted by atomic mass is 35.5. The van der Waals surface area contributed by atoms with Crippen LogP contribution in [0, 0.1) is 10.1 Å². The maximum Gasteiger partial charge on any atom is 0.274 e. The molecule has 0 unspecified atom stereocenters. The lowest BCUT2D eigenvalue weighted by atomic mass is 10.1. The first-order valence-corrected chi connectivity index (χ1v) is 7.11. The van der Waals surface area contributed by atoms with Crippen molar-refractivity contribution < 1.29 is 14.1 Å². The van der Waals surface area contributed by atoms with Gasteiger partial charge in [-0.15, -0.1) is 0 Å². The molecule has 0 radical (unpaired) electrons. The molecule has 1 saturated heterocycles. The van der Waals surface area contributed by atoms with Crippen LogP contribution in [-0.4, -0.2) is 15.9 Å². The lowest BCUT2D eigenvalue weighted by molar-refractivity contribution is -0.384. The fraction of sp³-hybridized carbons (Fsp3) is 0. The number of nitrogens with one attached hydrogen (secondary N) is 2. The summed E-state index contributed by atoms with van der Waals surface area (Å²) in [6.07, 6.45) is 1.50. The molecule has 2 N–H and O–H groups in total. The van der Waals surface area contributed by atoms with E-state index in [4.69, 9.17) is 28.2 Å². The summed E-state index contributed by atoms with van der Waals surface area (Å²) in [6, 6.07) is 7.40. The molecule has 3 rings (SSSR count). The number of nitro groups is 1. The Morgan fingerprint density at radius 2 is 2.04 bits per heavy atom. The third-order valence-corrected chi connectivity index (χ3v) is 3.58. The van der Waals surface area contributed by atoms with Gasteiger partial charge >= 0.3 is 0 Å². The van der Waals surface area contributed by atoms with Crippen LogP contribution in [-0.2, 0) is 4.79 Å². The third-order valence-electron chi connectivity index (χ3n) is 3.06. The number of nitrogens with zero attached hydrogens (tertiary/aromatic N) is 1. The van der Waals surface area contributed by atoms with Crippen LogP contribution >= 0.6 is 23.8 Å². The second-order valence-corrected chi connectivity index (χ2v) is 5.40. The molecule has 1 amide bonds. The van der Waals surface area contributed by atoms with Crippen molar-refractivity contribution in [3.63, 3.8) is 0 Å². The highest BCUT2D eigenvalue weighted by Gasteiger charge is 2.21. The summed E-state index contributed by atoms with van der Waals surface area (Å²) in [5, 5.41) is 16.3. The number of nitro benzene ring substituents is 1. The van der Waals surface area contributed by atoms with Crippen molar-refractivity contribution in [2.45, 2.75) is 0 Å². The van der Waals surface area contributed by atoms with E-state index >= 15 is 0 Å². The first-order chi connectivity index (χ1) is 10.9. The van der Waals surface area contributed by atoms with Gasteiger partial charge in [0.15, 0.2) is 5.11 Å². The monoisotopic (exact) mass is 349 g/mol. The Morgan fingerprint density at radius 3 is 2.65 bits per heavy atom. The van der Waals surface area contributed by atoms with Gasteiger partial charge in [-0.2, -0.15) is 0 Å².